The predicted molar refractivity (Wildman–Crippen MR) is 113 cm³/mol. The molecule has 3 amide bonds. The fraction of sp³-hybridized carbons (Fsp3) is 0.217. The molecule has 28 heavy (non-hydrogen) atoms. The minimum Gasteiger partial charge on any atom is -0.331 e. The number of carbonyl (C=O) groups is 2. The van der Waals surface area contributed by atoms with Crippen LogP contribution in [-0.4, -0.2) is 30.4 Å². The third kappa shape index (κ3) is 4.49. The normalized spacial score (nSPS) is 11.7. The van der Waals surface area contributed by atoms with Crippen molar-refractivity contribution in [2.24, 2.45) is 0 Å². The van der Waals surface area contributed by atoms with E-state index in [9.17, 15) is 9.59 Å². The largest absolute Gasteiger partial charge is 0.331 e. The zero-order chi connectivity index (χ0) is 20.1. The van der Waals surface area contributed by atoms with Crippen LogP contribution in [0.15, 0.2) is 66.7 Å². The number of urea groups is 1. The van der Waals surface area contributed by atoms with Crippen LogP contribution < -0.4 is 10.6 Å². The van der Waals surface area contributed by atoms with E-state index in [0.29, 0.717) is 0 Å². The van der Waals surface area contributed by atoms with Gasteiger partial charge in [-0.3, -0.25) is 4.79 Å². The van der Waals surface area contributed by atoms with Crippen molar-refractivity contribution in [3.63, 3.8) is 0 Å². The Morgan fingerprint density at radius 2 is 1.64 bits per heavy atom. The summed E-state index contributed by atoms with van der Waals surface area (Å²) in [7, 11) is 1.61. The van der Waals surface area contributed by atoms with Crippen LogP contribution in [-0.2, 0) is 4.79 Å². The third-order valence-corrected chi connectivity index (χ3v) is 4.79. The van der Waals surface area contributed by atoms with Crippen LogP contribution in [0.25, 0.3) is 10.8 Å². The number of nitrogens with one attached hydrogen (secondary N) is 2. The molecular formula is C23H25N3O2. The highest BCUT2D eigenvalue weighted by Crippen LogP contribution is 2.23. The molecule has 0 radical (unpaired) electrons. The molecule has 3 aromatic rings. The van der Waals surface area contributed by atoms with Gasteiger partial charge in [0.2, 0.25) is 5.91 Å². The molecule has 3 aromatic carbocycles. The van der Waals surface area contributed by atoms with Gasteiger partial charge < -0.3 is 15.5 Å². The Hall–Kier alpha value is -3.34. The summed E-state index contributed by atoms with van der Waals surface area (Å²) < 4.78 is 0. The van der Waals surface area contributed by atoms with Gasteiger partial charge in [0.1, 0.15) is 6.54 Å². The summed E-state index contributed by atoms with van der Waals surface area (Å²) in [4.78, 5) is 26.3. The lowest BCUT2D eigenvalue weighted by molar-refractivity contribution is -0.116. The molecule has 0 heterocycles. The molecule has 0 saturated heterocycles. The number of amides is 3. The van der Waals surface area contributed by atoms with Gasteiger partial charge in [-0.15, -0.1) is 0 Å². The number of benzene rings is 3. The van der Waals surface area contributed by atoms with Crippen LogP contribution in [0.4, 0.5) is 10.5 Å². The Labute approximate surface area is 165 Å². The second-order valence-corrected chi connectivity index (χ2v) is 6.96. The van der Waals surface area contributed by atoms with Crippen LogP contribution in [0.1, 0.15) is 24.1 Å². The number of anilines is 1. The number of carbonyl (C=O) groups excluding carboxylic acids is 2. The maximum atomic E-state index is 12.5. The molecule has 0 spiro atoms. The van der Waals surface area contributed by atoms with Gasteiger partial charge in [-0.25, -0.2) is 4.79 Å². The van der Waals surface area contributed by atoms with Crippen LogP contribution in [0.3, 0.4) is 0 Å². The molecule has 1 atom stereocenters. The first-order valence-electron chi connectivity index (χ1n) is 9.30. The first-order chi connectivity index (χ1) is 13.5. The van der Waals surface area contributed by atoms with Crippen LogP contribution in [0, 0.1) is 6.92 Å². The summed E-state index contributed by atoms with van der Waals surface area (Å²) >= 11 is 0. The fourth-order valence-corrected chi connectivity index (χ4v) is 3.26. The second-order valence-electron chi connectivity index (χ2n) is 6.96. The Kier molecular flexibility index (Phi) is 5.94. The first kappa shape index (κ1) is 19.4. The maximum Gasteiger partial charge on any atom is 0.318 e. The first-order valence-corrected chi connectivity index (χ1v) is 9.30. The number of likely N-dealkylation sites (N-methyl/N-ethyl adjacent to an activating group) is 1. The van der Waals surface area contributed by atoms with Crippen molar-refractivity contribution in [2.45, 2.75) is 19.9 Å². The monoisotopic (exact) mass is 375 g/mol. The van der Waals surface area contributed by atoms with E-state index in [1.165, 1.54) is 4.90 Å². The van der Waals surface area contributed by atoms with E-state index in [2.05, 4.69) is 10.6 Å². The van der Waals surface area contributed by atoms with E-state index < -0.39 is 0 Å². The highest BCUT2D eigenvalue weighted by molar-refractivity contribution is 6.03. The molecule has 0 aromatic heterocycles. The highest BCUT2D eigenvalue weighted by atomic mass is 16.2. The van der Waals surface area contributed by atoms with Gasteiger partial charge in [0.05, 0.1) is 6.04 Å². The van der Waals surface area contributed by atoms with Gasteiger partial charge in [-0.1, -0.05) is 60.7 Å². The number of aryl methyl sites for hydroxylation is 1. The molecule has 5 heteroatoms. The lowest BCUT2D eigenvalue weighted by atomic mass is 10.0. The number of rotatable bonds is 5. The van der Waals surface area contributed by atoms with E-state index in [-0.39, 0.29) is 24.5 Å². The summed E-state index contributed by atoms with van der Waals surface area (Å²) in [5.41, 5.74) is 2.92. The lowest BCUT2D eigenvalue weighted by Crippen LogP contribution is -2.42. The zero-order valence-electron chi connectivity index (χ0n) is 16.4. The smallest absolute Gasteiger partial charge is 0.318 e. The molecule has 0 aliphatic rings. The topological polar surface area (TPSA) is 61.4 Å². The van der Waals surface area contributed by atoms with Crippen molar-refractivity contribution in [3.8, 4) is 0 Å². The van der Waals surface area contributed by atoms with Crippen LogP contribution >= 0.6 is 0 Å². The molecule has 2 N–H and O–H groups in total. The molecule has 0 fully saturated rings. The summed E-state index contributed by atoms with van der Waals surface area (Å²) in [6.45, 7) is 3.92. The maximum absolute atomic E-state index is 12.5. The molecule has 1 unspecified atom stereocenters. The summed E-state index contributed by atoms with van der Waals surface area (Å²) in [5.74, 6) is -0.238. The second kappa shape index (κ2) is 8.57. The fourth-order valence-electron chi connectivity index (χ4n) is 3.26. The summed E-state index contributed by atoms with van der Waals surface area (Å²) in [6.07, 6.45) is 0. The number of hydrogen-bond donors (Lipinski definition) is 2. The summed E-state index contributed by atoms with van der Waals surface area (Å²) in [6, 6.07) is 21.1. The van der Waals surface area contributed by atoms with E-state index in [0.717, 1.165) is 27.6 Å². The molecule has 3 rings (SSSR count). The Morgan fingerprint density at radius 3 is 2.43 bits per heavy atom. The molecule has 0 aliphatic heterocycles. The number of fused-ring (bicyclic) bond motifs is 1. The highest BCUT2D eigenvalue weighted by Gasteiger charge is 2.17. The van der Waals surface area contributed by atoms with E-state index in [4.69, 9.17) is 0 Å². The van der Waals surface area contributed by atoms with Crippen molar-refractivity contribution in [1.29, 1.82) is 0 Å². The predicted octanol–water partition coefficient (Wildman–Crippen LogP) is 4.49. The molecule has 0 bridgehead atoms. The number of hydrogen-bond acceptors (Lipinski definition) is 2. The van der Waals surface area contributed by atoms with Gasteiger partial charge >= 0.3 is 6.03 Å². The van der Waals surface area contributed by atoms with Gasteiger partial charge in [0, 0.05) is 18.1 Å². The standard InChI is InChI=1S/C23H25N3O2/c1-16-9-4-6-12-19(16)17(2)24-23(28)26(3)15-22(27)25-21-14-8-11-18-10-5-7-13-20(18)21/h4-14,17H,15H2,1-3H3,(H,24,28)(H,25,27). The quantitative estimate of drug-likeness (QED) is 0.690. The molecule has 144 valence electrons. The SMILES string of the molecule is Cc1ccccc1C(C)NC(=O)N(C)CC(=O)Nc1cccc2ccccc12. The van der Waals surface area contributed by atoms with Crippen molar-refractivity contribution >= 4 is 28.4 Å². The lowest BCUT2D eigenvalue weighted by Gasteiger charge is -2.22. The third-order valence-electron chi connectivity index (χ3n) is 4.79. The average Bonchev–Trinajstić information content (AvgIpc) is 2.68. The number of nitrogens with zero attached hydrogens (tertiary/aromatic N) is 1. The Bertz CT molecular complexity index is 995. The van der Waals surface area contributed by atoms with Crippen molar-refractivity contribution < 1.29 is 9.59 Å². The Balaban J connectivity index is 1.60. The Morgan fingerprint density at radius 1 is 0.964 bits per heavy atom. The molecule has 0 saturated carbocycles. The van der Waals surface area contributed by atoms with E-state index in [1.807, 2.05) is 80.6 Å². The van der Waals surface area contributed by atoms with E-state index in [1.54, 1.807) is 7.05 Å². The van der Waals surface area contributed by atoms with E-state index >= 15 is 0 Å². The molecular weight excluding hydrogens is 350 g/mol. The zero-order valence-corrected chi connectivity index (χ0v) is 16.4. The van der Waals surface area contributed by atoms with Crippen LogP contribution in [0.2, 0.25) is 0 Å². The van der Waals surface area contributed by atoms with Gasteiger partial charge in [0.15, 0.2) is 0 Å². The van der Waals surface area contributed by atoms with Crippen molar-refractivity contribution in [1.82, 2.24) is 10.2 Å². The van der Waals surface area contributed by atoms with Gasteiger partial charge in [0.25, 0.3) is 0 Å². The van der Waals surface area contributed by atoms with Crippen LogP contribution in [0.5, 0.6) is 0 Å². The van der Waals surface area contributed by atoms with Gasteiger partial charge in [-0.2, -0.15) is 0 Å². The molecule has 0 aliphatic carbocycles. The minimum atomic E-state index is -0.288. The van der Waals surface area contributed by atoms with Crippen molar-refractivity contribution in [2.75, 3.05) is 18.9 Å². The summed E-state index contributed by atoms with van der Waals surface area (Å²) in [5, 5.41) is 7.87. The minimum absolute atomic E-state index is 0.0322. The van der Waals surface area contributed by atoms with Gasteiger partial charge in [-0.05, 0) is 36.4 Å². The molecule has 5 nitrogen and oxygen atoms in total. The van der Waals surface area contributed by atoms with Crippen molar-refractivity contribution in [3.05, 3.63) is 77.9 Å². The average molecular weight is 375 g/mol.